The lowest BCUT2D eigenvalue weighted by Crippen LogP contribution is -2.38. The molecule has 0 fully saturated rings. The van der Waals surface area contributed by atoms with Gasteiger partial charge in [0.2, 0.25) is 0 Å². The zero-order valence-corrected chi connectivity index (χ0v) is 11.1. The highest BCUT2D eigenvalue weighted by molar-refractivity contribution is 5.77. The molecular formula is C16H14N2O2. The molecule has 0 saturated carbocycles. The number of benzene rings is 2. The predicted molar refractivity (Wildman–Crippen MR) is 79.0 cm³/mol. The average Bonchev–Trinajstić information content (AvgIpc) is 2.50. The molecule has 2 aromatic carbocycles. The Morgan fingerprint density at radius 2 is 1.55 bits per heavy atom. The first-order valence-corrected chi connectivity index (χ1v) is 6.41. The maximum absolute atomic E-state index is 12.3. The smallest absolute Gasteiger partial charge is 0.289 e. The van der Waals surface area contributed by atoms with E-state index >= 15 is 0 Å². The van der Waals surface area contributed by atoms with E-state index in [-0.39, 0.29) is 11.2 Å². The Bertz CT molecular complexity index is 876. The van der Waals surface area contributed by atoms with Gasteiger partial charge in [0, 0.05) is 7.05 Å². The topological polar surface area (TPSA) is 44.0 Å². The molecule has 0 spiro atoms. The Morgan fingerprint density at radius 1 is 0.900 bits per heavy atom. The molecule has 0 atom stereocenters. The quantitative estimate of drug-likeness (QED) is 0.709. The minimum atomic E-state index is -0.294. The van der Waals surface area contributed by atoms with Crippen LogP contribution in [0.5, 0.6) is 0 Å². The van der Waals surface area contributed by atoms with Crippen LogP contribution in [0, 0.1) is 0 Å². The van der Waals surface area contributed by atoms with Crippen LogP contribution in [0.4, 0.5) is 0 Å². The molecule has 3 aromatic rings. The Labute approximate surface area is 115 Å². The van der Waals surface area contributed by atoms with Crippen LogP contribution in [-0.4, -0.2) is 9.13 Å². The van der Waals surface area contributed by atoms with Gasteiger partial charge in [0.05, 0.1) is 17.4 Å². The first-order valence-electron chi connectivity index (χ1n) is 6.41. The van der Waals surface area contributed by atoms with Gasteiger partial charge in [-0.05, 0) is 17.7 Å². The third-order valence-electron chi connectivity index (χ3n) is 3.43. The van der Waals surface area contributed by atoms with Crippen molar-refractivity contribution in [2.45, 2.75) is 6.54 Å². The van der Waals surface area contributed by atoms with Crippen molar-refractivity contribution < 1.29 is 0 Å². The summed E-state index contributed by atoms with van der Waals surface area (Å²) in [6.07, 6.45) is 0. The molecule has 0 aliphatic carbocycles. The van der Waals surface area contributed by atoms with E-state index in [0.29, 0.717) is 17.4 Å². The van der Waals surface area contributed by atoms with Crippen LogP contribution in [0.1, 0.15) is 5.56 Å². The van der Waals surface area contributed by atoms with Gasteiger partial charge in [-0.3, -0.25) is 13.9 Å². The standard InChI is InChI=1S/C16H14N2O2/c1-17-15(19)13-9-5-6-10-14(13)18(16(17)20)11-12-7-3-2-4-8-12/h2-10H,11H2,1H3. The van der Waals surface area contributed by atoms with E-state index < -0.39 is 0 Å². The third-order valence-corrected chi connectivity index (χ3v) is 3.43. The first-order chi connectivity index (χ1) is 9.68. The monoisotopic (exact) mass is 266 g/mol. The molecule has 100 valence electrons. The van der Waals surface area contributed by atoms with E-state index in [1.807, 2.05) is 36.4 Å². The number of rotatable bonds is 2. The van der Waals surface area contributed by atoms with Crippen LogP contribution in [0.25, 0.3) is 10.9 Å². The lowest BCUT2D eigenvalue weighted by Gasteiger charge is -2.11. The zero-order chi connectivity index (χ0) is 14.1. The van der Waals surface area contributed by atoms with Crippen LogP contribution in [0.15, 0.2) is 64.2 Å². The maximum atomic E-state index is 12.3. The van der Waals surface area contributed by atoms with Crippen molar-refractivity contribution in [2.24, 2.45) is 7.05 Å². The highest BCUT2D eigenvalue weighted by atomic mass is 16.2. The predicted octanol–water partition coefficient (Wildman–Crippen LogP) is 1.75. The Balaban J connectivity index is 2.30. The number of para-hydroxylation sites is 1. The summed E-state index contributed by atoms with van der Waals surface area (Å²) in [5, 5.41) is 0.561. The molecule has 3 rings (SSSR count). The van der Waals surface area contributed by atoms with Gasteiger partial charge in [0.1, 0.15) is 0 Å². The fourth-order valence-electron chi connectivity index (χ4n) is 2.36. The number of hydrogen-bond acceptors (Lipinski definition) is 2. The number of fused-ring (bicyclic) bond motifs is 1. The summed E-state index contributed by atoms with van der Waals surface area (Å²) in [5.74, 6) is 0. The molecule has 0 saturated heterocycles. The SMILES string of the molecule is Cn1c(=O)c2ccccc2n(Cc2ccccc2)c1=O. The van der Waals surface area contributed by atoms with Crippen LogP contribution in [0.2, 0.25) is 0 Å². The number of hydrogen-bond donors (Lipinski definition) is 0. The van der Waals surface area contributed by atoms with Crippen LogP contribution < -0.4 is 11.2 Å². The highest BCUT2D eigenvalue weighted by Crippen LogP contribution is 2.09. The fourth-order valence-corrected chi connectivity index (χ4v) is 2.36. The van der Waals surface area contributed by atoms with E-state index in [1.165, 1.54) is 7.05 Å². The van der Waals surface area contributed by atoms with Gasteiger partial charge >= 0.3 is 5.69 Å². The van der Waals surface area contributed by atoms with Crippen molar-refractivity contribution in [2.75, 3.05) is 0 Å². The minimum absolute atomic E-state index is 0.255. The first kappa shape index (κ1) is 12.4. The van der Waals surface area contributed by atoms with Gasteiger partial charge in [-0.15, -0.1) is 0 Å². The summed E-state index contributed by atoms with van der Waals surface area (Å²) < 4.78 is 2.79. The molecular weight excluding hydrogens is 252 g/mol. The Kier molecular flexibility index (Phi) is 2.99. The molecule has 0 aliphatic heterocycles. The van der Waals surface area contributed by atoms with Gasteiger partial charge in [-0.1, -0.05) is 42.5 Å². The molecule has 0 N–H and O–H groups in total. The van der Waals surface area contributed by atoms with Crippen molar-refractivity contribution in [1.82, 2.24) is 9.13 Å². The van der Waals surface area contributed by atoms with Crippen LogP contribution in [0.3, 0.4) is 0 Å². The van der Waals surface area contributed by atoms with Crippen molar-refractivity contribution >= 4 is 10.9 Å². The lowest BCUT2D eigenvalue weighted by molar-refractivity contribution is 0.674. The molecule has 1 aromatic heterocycles. The van der Waals surface area contributed by atoms with Crippen LogP contribution in [-0.2, 0) is 13.6 Å². The molecule has 0 unspecified atom stereocenters. The number of aromatic nitrogens is 2. The van der Waals surface area contributed by atoms with Crippen molar-refractivity contribution in [1.29, 1.82) is 0 Å². The Morgan fingerprint density at radius 3 is 2.30 bits per heavy atom. The second-order valence-corrected chi connectivity index (χ2v) is 4.74. The summed E-state index contributed by atoms with van der Waals surface area (Å²) in [7, 11) is 1.51. The molecule has 0 amide bonds. The minimum Gasteiger partial charge on any atom is -0.289 e. The molecule has 4 heteroatoms. The zero-order valence-electron chi connectivity index (χ0n) is 11.1. The van der Waals surface area contributed by atoms with E-state index in [4.69, 9.17) is 0 Å². The van der Waals surface area contributed by atoms with E-state index in [0.717, 1.165) is 10.1 Å². The summed E-state index contributed by atoms with van der Waals surface area (Å²) in [4.78, 5) is 24.4. The molecule has 0 aliphatic rings. The summed E-state index contributed by atoms with van der Waals surface area (Å²) in [6.45, 7) is 0.453. The second-order valence-electron chi connectivity index (χ2n) is 4.74. The van der Waals surface area contributed by atoms with Crippen LogP contribution >= 0.6 is 0 Å². The molecule has 0 bridgehead atoms. The van der Waals surface area contributed by atoms with Crippen molar-refractivity contribution in [3.63, 3.8) is 0 Å². The largest absolute Gasteiger partial charge is 0.331 e. The molecule has 1 heterocycles. The van der Waals surface area contributed by atoms with Crippen molar-refractivity contribution in [3.8, 4) is 0 Å². The van der Waals surface area contributed by atoms with Crippen molar-refractivity contribution in [3.05, 3.63) is 81.0 Å². The Hall–Kier alpha value is -2.62. The van der Waals surface area contributed by atoms with E-state index in [2.05, 4.69) is 0 Å². The maximum Gasteiger partial charge on any atom is 0.331 e. The lowest BCUT2D eigenvalue weighted by atomic mass is 10.2. The third kappa shape index (κ3) is 1.95. The summed E-state index contributed by atoms with van der Waals surface area (Å²) in [6, 6.07) is 16.9. The number of nitrogens with zero attached hydrogens (tertiary/aromatic N) is 2. The second kappa shape index (κ2) is 4.81. The van der Waals surface area contributed by atoms with Gasteiger partial charge in [-0.25, -0.2) is 4.79 Å². The molecule has 0 radical (unpaired) electrons. The molecule has 20 heavy (non-hydrogen) atoms. The normalized spacial score (nSPS) is 10.8. The van der Waals surface area contributed by atoms with E-state index in [1.54, 1.807) is 22.8 Å². The van der Waals surface area contributed by atoms with Gasteiger partial charge in [0.25, 0.3) is 5.56 Å². The van der Waals surface area contributed by atoms with E-state index in [9.17, 15) is 9.59 Å². The highest BCUT2D eigenvalue weighted by Gasteiger charge is 2.10. The fraction of sp³-hybridized carbons (Fsp3) is 0.125. The van der Waals surface area contributed by atoms with Gasteiger partial charge in [0.15, 0.2) is 0 Å². The van der Waals surface area contributed by atoms with Gasteiger partial charge in [-0.2, -0.15) is 0 Å². The summed E-state index contributed by atoms with van der Waals surface area (Å²) in [5.41, 5.74) is 1.15. The summed E-state index contributed by atoms with van der Waals surface area (Å²) >= 11 is 0. The van der Waals surface area contributed by atoms with Gasteiger partial charge < -0.3 is 0 Å². The molecule has 4 nitrogen and oxygen atoms in total. The average molecular weight is 266 g/mol.